The van der Waals surface area contributed by atoms with Crippen LogP contribution in [-0.4, -0.2) is 19.1 Å². The molecule has 1 unspecified atom stereocenters. The molecule has 0 bridgehead atoms. The number of nitrogens with one attached hydrogen (secondary N) is 1. The Bertz CT molecular complexity index is 674. The Morgan fingerprint density at radius 2 is 1.88 bits per heavy atom. The van der Waals surface area contributed by atoms with Crippen molar-refractivity contribution >= 4 is 29.7 Å². The summed E-state index contributed by atoms with van der Waals surface area (Å²) in [5.74, 6) is 1.13. The lowest BCUT2D eigenvalue weighted by atomic mass is 10.2. The Kier molecular flexibility index (Phi) is 7.39. The number of nitrogens with two attached hydrogens (primary N) is 1. The number of nitrogen functional groups attached to an aromatic ring is 1. The average Bonchev–Trinajstić information content (AvgIpc) is 2.55. The molecular weight excluding hydrogens is 328 g/mol. The fraction of sp³-hybridized carbons (Fsp3) is 0.278. The SMILES string of the molecule is CCC(C)Oc1ccc(C(=O)Nc2ccc(OC)c(N)c2)cc1.Cl. The first-order valence-corrected chi connectivity index (χ1v) is 7.55. The third-order valence-corrected chi connectivity index (χ3v) is 3.52. The Morgan fingerprint density at radius 1 is 1.21 bits per heavy atom. The third-order valence-electron chi connectivity index (χ3n) is 3.52. The summed E-state index contributed by atoms with van der Waals surface area (Å²) in [5, 5.41) is 2.81. The molecule has 0 saturated carbocycles. The second-order valence-corrected chi connectivity index (χ2v) is 5.27. The van der Waals surface area contributed by atoms with Gasteiger partial charge in [0.1, 0.15) is 11.5 Å². The summed E-state index contributed by atoms with van der Waals surface area (Å²) in [5.41, 5.74) is 7.48. The van der Waals surface area contributed by atoms with Crippen LogP contribution in [0.3, 0.4) is 0 Å². The van der Waals surface area contributed by atoms with Gasteiger partial charge in [-0.25, -0.2) is 0 Å². The highest BCUT2D eigenvalue weighted by molar-refractivity contribution is 6.04. The van der Waals surface area contributed by atoms with Crippen LogP contribution >= 0.6 is 12.4 Å². The van der Waals surface area contributed by atoms with Crippen molar-refractivity contribution in [2.45, 2.75) is 26.4 Å². The highest BCUT2D eigenvalue weighted by Crippen LogP contribution is 2.25. The van der Waals surface area contributed by atoms with Crippen molar-refractivity contribution in [3.8, 4) is 11.5 Å². The summed E-state index contributed by atoms with van der Waals surface area (Å²) < 4.78 is 10.8. The van der Waals surface area contributed by atoms with Crippen LogP contribution in [0.5, 0.6) is 11.5 Å². The predicted molar refractivity (Wildman–Crippen MR) is 99.4 cm³/mol. The standard InChI is InChI=1S/C18H22N2O3.ClH/c1-4-12(2)23-15-8-5-13(6-9-15)18(21)20-14-7-10-17(22-3)16(19)11-14;/h5-12H,4,19H2,1-3H3,(H,20,21);1H. The summed E-state index contributed by atoms with van der Waals surface area (Å²) in [4.78, 5) is 12.2. The minimum absolute atomic E-state index is 0. The number of ether oxygens (including phenoxy) is 2. The second-order valence-electron chi connectivity index (χ2n) is 5.27. The van der Waals surface area contributed by atoms with Crippen molar-refractivity contribution in [1.82, 2.24) is 0 Å². The number of amides is 1. The molecule has 0 fully saturated rings. The number of anilines is 2. The molecule has 1 amide bonds. The minimum Gasteiger partial charge on any atom is -0.495 e. The number of rotatable bonds is 6. The van der Waals surface area contributed by atoms with Crippen molar-refractivity contribution in [3.05, 3.63) is 48.0 Å². The number of hydrogen-bond acceptors (Lipinski definition) is 4. The average molecular weight is 351 g/mol. The lowest BCUT2D eigenvalue weighted by Gasteiger charge is -2.13. The molecule has 0 aliphatic heterocycles. The molecule has 0 aromatic heterocycles. The van der Waals surface area contributed by atoms with Crippen LogP contribution in [-0.2, 0) is 0 Å². The summed E-state index contributed by atoms with van der Waals surface area (Å²) in [6.07, 6.45) is 1.08. The van der Waals surface area contributed by atoms with Crippen LogP contribution in [0.4, 0.5) is 11.4 Å². The van der Waals surface area contributed by atoms with E-state index in [0.717, 1.165) is 12.2 Å². The number of methoxy groups -OCH3 is 1. The first kappa shape index (κ1) is 19.6. The van der Waals surface area contributed by atoms with E-state index in [2.05, 4.69) is 12.2 Å². The second kappa shape index (κ2) is 9.03. The molecule has 6 heteroatoms. The van der Waals surface area contributed by atoms with E-state index >= 15 is 0 Å². The van der Waals surface area contributed by atoms with Gasteiger partial charge in [-0.05, 0) is 55.8 Å². The summed E-state index contributed by atoms with van der Waals surface area (Å²) >= 11 is 0. The molecule has 5 nitrogen and oxygen atoms in total. The van der Waals surface area contributed by atoms with E-state index in [4.69, 9.17) is 15.2 Å². The van der Waals surface area contributed by atoms with Crippen LogP contribution in [0, 0.1) is 0 Å². The number of carbonyl (C=O) groups excluding carboxylic acids is 1. The Balaban J connectivity index is 0.00000288. The van der Waals surface area contributed by atoms with Gasteiger partial charge >= 0.3 is 0 Å². The maximum Gasteiger partial charge on any atom is 0.255 e. The molecule has 0 aliphatic carbocycles. The smallest absolute Gasteiger partial charge is 0.255 e. The fourth-order valence-electron chi connectivity index (χ4n) is 2.02. The molecule has 0 spiro atoms. The number of carbonyl (C=O) groups is 1. The van der Waals surface area contributed by atoms with E-state index in [-0.39, 0.29) is 24.4 Å². The van der Waals surface area contributed by atoms with Crippen LogP contribution in [0.15, 0.2) is 42.5 Å². The van der Waals surface area contributed by atoms with Crippen molar-refractivity contribution in [2.24, 2.45) is 0 Å². The van der Waals surface area contributed by atoms with E-state index in [0.29, 0.717) is 22.7 Å². The lowest BCUT2D eigenvalue weighted by molar-refractivity contribution is 0.102. The summed E-state index contributed by atoms with van der Waals surface area (Å²) in [6.45, 7) is 4.07. The quantitative estimate of drug-likeness (QED) is 0.768. The van der Waals surface area contributed by atoms with Gasteiger partial charge in [-0.15, -0.1) is 12.4 Å². The maximum atomic E-state index is 12.2. The molecule has 3 N–H and O–H groups in total. The van der Waals surface area contributed by atoms with Gasteiger partial charge in [0.2, 0.25) is 0 Å². The minimum atomic E-state index is -0.204. The predicted octanol–water partition coefficient (Wildman–Crippen LogP) is 4.13. The molecule has 24 heavy (non-hydrogen) atoms. The molecule has 0 aliphatic rings. The fourth-order valence-corrected chi connectivity index (χ4v) is 2.02. The third kappa shape index (κ3) is 5.06. The first-order valence-electron chi connectivity index (χ1n) is 7.55. The molecule has 130 valence electrons. The normalized spacial score (nSPS) is 11.1. The maximum absolute atomic E-state index is 12.2. The molecule has 0 saturated heterocycles. The molecule has 2 aromatic rings. The monoisotopic (exact) mass is 350 g/mol. The zero-order valence-corrected chi connectivity index (χ0v) is 14.9. The highest BCUT2D eigenvalue weighted by atomic mass is 35.5. The van der Waals surface area contributed by atoms with Gasteiger partial charge < -0.3 is 20.5 Å². The van der Waals surface area contributed by atoms with Crippen molar-refractivity contribution in [1.29, 1.82) is 0 Å². The van der Waals surface area contributed by atoms with Crippen LogP contribution in [0.25, 0.3) is 0 Å². The van der Waals surface area contributed by atoms with Gasteiger partial charge in [-0.1, -0.05) is 6.92 Å². The number of hydrogen-bond donors (Lipinski definition) is 2. The van der Waals surface area contributed by atoms with Crippen molar-refractivity contribution in [2.75, 3.05) is 18.2 Å². The van der Waals surface area contributed by atoms with Gasteiger partial charge in [-0.2, -0.15) is 0 Å². The van der Waals surface area contributed by atoms with E-state index in [9.17, 15) is 4.79 Å². The van der Waals surface area contributed by atoms with Crippen LogP contribution in [0.2, 0.25) is 0 Å². The van der Waals surface area contributed by atoms with E-state index < -0.39 is 0 Å². The van der Waals surface area contributed by atoms with Crippen LogP contribution in [0.1, 0.15) is 30.6 Å². The Labute approximate surface area is 148 Å². The molecule has 2 aromatic carbocycles. The molecular formula is C18H23ClN2O3. The van der Waals surface area contributed by atoms with Crippen molar-refractivity contribution in [3.63, 3.8) is 0 Å². The molecule has 0 radical (unpaired) electrons. The number of benzene rings is 2. The Morgan fingerprint density at radius 3 is 2.42 bits per heavy atom. The zero-order valence-electron chi connectivity index (χ0n) is 14.0. The largest absolute Gasteiger partial charge is 0.495 e. The Hall–Kier alpha value is -2.40. The van der Waals surface area contributed by atoms with Gasteiger partial charge in [0.15, 0.2) is 0 Å². The van der Waals surface area contributed by atoms with E-state index in [1.54, 1.807) is 49.6 Å². The van der Waals surface area contributed by atoms with E-state index in [1.807, 2.05) is 6.92 Å². The van der Waals surface area contributed by atoms with Gasteiger partial charge in [0, 0.05) is 11.3 Å². The lowest BCUT2D eigenvalue weighted by Crippen LogP contribution is -2.13. The van der Waals surface area contributed by atoms with Gasteiger partial charge in [0.05, 0.1) is 18.9 Å². The van der Waals surface area contributed by atoms with Gasteiger partial charge in [-0.3, -0.25) is 4.79 Å². The highest BCUT2D eigenvalue weighted by Gasteiger charge is 2.09. The van der Waals surface area contributed by atoms with Crippen LogP contribution < -0.4 is 20.5 Å². The topological polar surface area (TPSA) is 73.6 Å². The number of halogens is 1. The van der Waals surface area contributed by atoms with Crippen molar-refractivity contribution < 1.29 is 14.3 Å². The molecule has 0 heterocycles. The summed E-state index contributed by atoms with van der Waals surface area (Å²) in [7, 11) is 1.55. The molecule has 1 atom stereocenters. The summed E-state index contributed by atoms with van der Waals surface area (Å²) in [6, 6.07) is 12.2. The van der Waals surface area contributed by atoms with Gasteiger partial charge in [0.25, 0.3) is 5.91 Å². The first-order chi connectivity index (χ1) is 11.0. The van der Waals surface area contributed by atoms with E-state index in [1.165, 1.54) is 0 Å². The zero-order chi connectivity index (χ0) is 16.8. The molecule has 2 rings (SSSR count).